The van der Waals surface area contributed by atoms with Gasteiger partial charge in [0.15, 0.2) is 0 Å². The van der Waals surface area contributed by atoms with Crippen LogP contribution in [-0.4, -0.2) is 49.6 Å². The fourth-order valence-electron chi connectivity index (χ4n) is 2.21. The Labute approximate surface area is 156 Å². The summed E-state index contributed by atoms with van der Waals surface area (Å²) in [5, 5.41) is 5.27. The smallest absolute Gasteiger partial charge is 0.340 e. The number of aromatic nitrogens is 1. The fourth-order valence-corrected chi connectivity index (χ4v) is 2.21. The lowest BCUT2D eigenvalue weighted by molar-refractivity contribution is 0.0527. The highest BCUT2D eigenvalue weighted by Crippen LogP contribution is 2.17. The van der Waals surface area contributed by atoms with Crippen LogP contribution in [-0.2, 0) is 9.47 Å². The van der Waals surface area contributed by atoms with Crippen molar-refractivity contribution < 1.29 is 23.9 Å². The van der Waals surface area contributed by atoms with Crippen LogP contribution in [0.15, 0.2) is 42.5 Å². The number of carbonyl (C=O) groups is 3. The monoisotopic (exact) mass is 371 g/mol. The number of hydrogen-bond donors (Lipinski definition) is 2. The van der Waals surface area contributed by atoms with Crippen LogP contribution in [0.1, 0.15) is 38.3 Å². The van der Waals surface area contributed by atoms with Gasteiger partial charge in [0.25, 0.3) is 11.8 Å². The normalized spacial score (nSPS) is 10.1. The van der Waals surface area contributed by atoms with Crippen molar-refractivity contribution in [1.82, 2.24) is 10.3 Å². The van der Waals surface area contributed by atoms with Crippen LogP contribution < -0.4 is 10.6 Å². The molecule has 0 aliphatic heterocycles. The third-order valence-electron chi connectivity index (χ3n) is 3.48. The summed E-state index contributed by atoms with van der Waals surface area (Å²) >= 11 is 0. The van der Waals surface area contributed by atoms with Gasteiger partial charge in [0.05, 0.1) is 24.5 Å². The van der Waals surface area contributed by atoms with E-state index in [0.29, 0.717) is 18.8 Å². The topological polar surface area (TPSA) is 107 Å². The molecule has 0 aliphatic carbocycles. The summed E-state index contributed by atoms with van der Waals surface area (Å²) in [6.07, 6.45) is 0. The van der Waals surface area contributed by atoms with Gasteiger partial charge in [-0.3, -0.25) is 9.59 Å². The average Bonchev–Trinajstić information content (AvgIpc) is 2.68. The third-order valence-corrected chi connectivity index (χ3v) is 3.48. The number of methoxy groups -OCH3 is 1. The van der Waals surface area contributed by atoms with Gasteiger partial charge in [0.1, 0.15) is 11.4 Å². The molecular weight excluding hydrogens is 350 g/mol. The van der Waals surface area contributed by atoms with Gasteiger partial charge < -0.3 is 20.1 Å². The molecule has 2 aromatic rings. The molecule has 142 valence electrons. The maximum Gasteiger partial charge on any atom is 0.340 e. The number of hydrogen-bond acceptors (Lipinski definition) is 6. The second kappa shape index (κ2) is 10.0. The first-order chi connectivity index (χ1) is 13.1. The lowest BCUT2D eigenvalue weighted by Gasteiger charge is -2.10. The van der Waals surface area contributed by atoms with E-state index in [2.05, 4.69) is 15.6 Å². The molecule has 8 nitrogen and oxygen atoms in total. The van der Waals surface area contributed by atoms with Crippen LogP contribution in [0.5, 0.6) is 0 Å². The van der Waals surface area contributed by atoms with Crippen molar-refractivity contribution in [2.45, 2.75) is 6.92 Å². The molecule has 2 amide bonds. The van der Waals surface area contributed by atoms with E-state index in [1.165, 1.54) is 19.2 Å². The summed E-state index contributed by atoms with van der Waals surface area (Å²) in [6, 6.07) is 11.0. The summed E-state index contributed by atoms with van der Waals surface area (Å²) in [5.74, 6) is -1.49. The highest BCUT2D eigenvalue weighted by molar-refractivity contribution is 6.07. The Hall–Kier alpha value is -3.26. The molecule has 1 aromatic carbocycles. The van der Waals surface area contributed by atoms with Gasteiger partial charge in [-0.2, -0.15) is 0 Å². The van der Waals surface area contributed by atoms with Crippen molar-refractivity contribution in [3.8, 4) is 0 Å². The molecule has 0 saturated carbocycles. The SMILES string of the molecule is CCOC(=O)c1ccccc1NC(=O)c1cccc(C(=O)NCCOC)n1. The Morgan fingerprint density at radius 3 is 2.41 bits per heavy atom. The molecular formula is C19H21N3O5. The summed E-state index contributed by atoms with van der Waals surface area (Å²) < 4.78 is 9.85. The Kier molecular flexibility index (Phi) is 7.45. The minimum absolute atomic E-state index is 0.0491. The van der Waals surface area contributed by atoms with Crippen LogP contribution in [0.2, 0.25) is 0 Å². The highest BCUT2D eigenvalue weighted by atomic mass is 16.5. The van der Waals surface area contributed by atoms with Gasteiger partial charge in [-0.25, -0.2) is 9.78 Å². The molecule has 0 unspecified atom stereocenters. The van der Waals surface area contributed by atoms with Crippen molar-refractivity contribution in [3.05, 3.63) is 59.4 Å². The molecule has 0 aliphatic rings. The first kappa shape index (κ1) is 20.1. The summed E-state index contributed by atoms with van der Waals surface area (Å²) in [4.78, 5) is 40.6. The van der Waals surface area contributed by atoms with E-state index in [4.69, 9.17) is 9.47 Å². The van der Waals surface area contributed by atoms with Crippen molar-refractivity contribution in [2.24, 2.45) is 0 Å². The first-order valence-electron chi connectivity index (χ1n) is 8.38. The van der Waals surface area contributed by atoms with Crippen molar-refractivity contribution in [3.63, 3.8) is 0 Å². The van der Waals surface area contributed by atoms with Gasteiger partial charge in [-0.15, -0.1) is 0 Å². The quantitative estimate of drug-likeness (QED) is 0.542. The Bertz CT molecular complexity index is 822. The molecule has 0 saturated heterocycles. The number of amides is 2. The number of nitrogens with zero attached hydrogens (tertiary/aromatic N) is 1. The summed E-state index contributed by atoms with van der Waals surface area (Å²) in [5.41, 5.74) is 0.698. The zero-order chi connectivity index (χ0) is 19.6. The number of carbonyl (C=O) groups excluding carboxylic acids is 3. The number of anilines is 1. The molecule has 0 radical (unpaired) electrons. The van der Waals surface area contributed by atoms with Crippen LogP contribution >= 0.6 is 0 Å². The van der Waals surface area contributed by atoms with Crippen molar-refractivity contribution >= 4 is 23.5 Å². The maximum atomic E-state index is 12.5. The zero-order valence-electron chi connectivity index (χ0n) is 15.2. The fraction of sp³-hybridized carbons (Fsp3) is 0.263. The Morgan fingerprint density at radius 2 is 1.70 bits per heavy atom. The van der Waals surface area contributed by atoms with E-state index in [0.717, 1.165) is 0 Å². The molecule has 1 aromatic heterocycles. The predicted octanol–water partition coefficient (Wildman–Crippen LogP) is 1.89. The van der Waals surface area contributed by atoms with Crippen LogP contribution in [0.25, 0.3) is 0 Å². The minimum Gasteiger partial charge on any atom is -0.462 e. The van der Waals surface area contributed by atoms with E-state index in [-0.39, 0.29) is 23.6 Å². The number of para-hydroxylation sites is 1. The molecule has 2 rings (SSSR count). The van der Waals surface area contributed by atoms with Crippen molar-refractivity contribution in [2.75, 3.05) is 32.2 Å². The van der Waals surface area contributed by atoms with Gasteiger partial charge in [-0.1, -0.05) is 18.2 Å². The average molecular weight is 371 g/mol. The molecule has 1 heterocycles. The lowest BCUT2D eigenvalue weighted by Crippen LogP contribution is -2.28. The number of benzene rings is 1. The van der Waals surface area contributed by atoms with Crippen LogP contribution in [0, 0.1) is 0 Å². The predicted molar refractivity (Wildman–Crippen MR) is 98.8 cm³/mol. The van der Waals surface area contributed by atoms with E-state index in [9.17, 15) is 14.4 Å². The second-order valence-corrected chi connectivity index (χ2v) is 5.38. The number of nitrogens with one attached hydrogen (secondary N) is 2. The van der Waals surface area contributed by atoms with Crippen LogP contribution in [0.4, 0.5) is 5.69 Å². The Morgan fingerprint density at radius 1 is 1.00 bits per heavy atom. The van der Waals surface area contributed by atoms with E-state index in [1.807, 2.05) is 0 Å². The highest BCUT2D eigenvalue weighted by Gasteiger charge is 2.16. The number of pyridine rings is 1. The number of esters is 1. The Balaban J connectivity index is 2.14. The van der Waals surface area contributed by atoms with Gasteiger partial charge in [0.2, 0.25) is 0 Å². The second-order valence-electron chi connectivity index (χ2n) is 5.38. The van der Waals surface area contributed by atoms with Gasteiger partial charge >= 0.3 is 5.97 Å². The molecule has 27 heavy (non-hydrogen) atoms. The number of rotatable bonds is 8. The largest absolute Gasteiger partial charge is 0.462 e. The molecule has 8 heteroatoms. The van der Waals surface area contributed by atoms with Crippen LogP contribution in [0.3, 0.4) is 0 Å². The molecule has 2 N–H and O–H groups in total. The third kappa shape index (κ3) is 5.61. The zero-order valence-corrected chi connectivity index (χ0v) is 15.2. The molecule has 0 atom stereocenters. The number of ether oxygens (including phenoxy) is 2. The molecule has 0 bridgehead atoms. The maximum absolute atomic E-state index is 12.5. The standard InChI is InChI=1S/C19H21N3O5/c1-3-27-19(25)13-7-4-5-8-14(13)22-18(24)16-10-6-9-15(21-16)17(23)20-11-12-26-2/h4-10H,3,11-12H2,1-2H3,(H,20,23)(H,22,24). The van der Waals surface area contributed by atoms with E-state index >= 15 is 0 Å². The van der Waals surface area contributed by atoms with E-state index < -0.39 is 17.8 Å². The molecule has 0 spiro atoms. The summed E-state index contributed by atoms with van der Waals surface area (Å²) in [6.45, 7) is 2.63. The summed E-state index contributed by atoms with van der Waals surface area (Å²) in [7, 11) is 1.53. The minimum atomic E-state index is -0.543. The first-order valence-corrected chi connectivity index (χ1v) is 8.38. The lowest BCUT2D eigenvalue weighted by atomic mass is 10.1. The van der Waals surface area contributed by atoms with Gasteiger partial charge in [-0.05, 0) is 31.2 Å². The van der Waals surface area contributed by atoms with Crippen molar-refractivity contribution in [1.29, 1.82) is 0 Å². The van der Waals surface area contributed by atoms with E-state index in [1.54, 1.807) is 37.3 Å². The van der Waals surface area contributed by atoms with Gasteiger partial charge in [0, 0.05) is 13.7 Å². The molecule has 0 fully saturated rings.